The van der Waals surface area contributed by atoms with E-state index >= 15 is 0 Å². The molecule has 0 aromatic heterocycles. The zero-order valence-corrected chi connectivity index (χ0v) is 11.6. The summed E-state index contributed by atoms with van der Waals surface area (Å²) in [6, 6.07) is 13.5. The fraction of sp³-hybridized carbons (Fsp3) is 0.143. The molecule has 0 fully saturated rings. The number of primary sulfonamides is 1. The van der Waals surface area contributed by atoms with E-state index in [9.17, 15) is 8.42 Å². The van der Waals surface area contributed by atoms with Crippen LogP contribution in [0, 0.1) is 0 Å². The van der Waals surface area contributed by atoms with Gasteiger partial charge in [0.05, 0.1) is 4.90 Å². The summed E-state index contributed by atoms with van der Waals surface area (Å²) >= 11 is 0. The van der Waals surface area contributed by atoms with Gasteiger partial charge in [-0.3, -0.25) is 0 Å². The third-order valence-corrected chi connectivity index (χ3v) is 3.67. The minimum Gasteiger partial charge on any atom is -0.457 e. The number of rotatable bonds is 5. The summed E-state index contributed by atoms with van der Waals surface area (Å²) in [5, 5.41) is 5.03. The van der Waals surface area contributed by atoms with Gasteiger partial charge in [0, 0.05) is 0 Å². The summed E-state index contributed by atoms with van der Waals surface area (Å²) in [5.41, 5.74) is 6.62. The fourth-order valence-electron chi connectivity index (χ4n) is 1.72. The van der Waals surface area contributed by atoms with E-state index in [1.807, 2.05) is 24.3 Å². The van der Waals surface area contributed by atoms with Crippen molar-refractivity contribution in [1.82, 2.24) is 0 Å². The van der Waals surface area contributed by atoms with Crippen LogP contribution in [0.4, 0.5) is 0 Å². The minimum atomic E-state index is -3.67. The van der Waals surface area contributed by atoms with Crippen LogP contribution in [0.3, 0.4) is 0 Å². The smallest absolute Gasteiger partial charge is 0.238 e. The van der Waals surface area contributed by atoms with Crippen LogP contribution in [-0.2, 0) is 16.4 Å². The van der Waals surface area contributed by atoms with Crippen LogP contribution in [0.1, 0.15) is 5.56 Å². The number of hydrogen-bond donors (Lipinski definition) is 2. The molecule has 0 saturated carbocycles. The maximum absolute atomic E-state index is 11.1. The molecular formula is C14H16N2O3S. The molecule has 2 rings (SSSR count). The Morgan fingerprint density at radius 3 is 1.85 bits per heavy atom. The van der Waals surface area contributed by atoms with Crippen molar-refractivity contribution in [3.05, 3.63) is 54.1 Å². The Labute approximate surface area is 118 Å². The first-order valence-electron chi connectivity index (χ1n) is 6.09. The topological polar surface area (TPSA) is 95.4 Å². The highest BCUT2D eigenvalue weighted by Gasteiger charge is 2.07. The van der Waals surface area contributed by atoms with E-state index in [2.05, 4.69) is 0 Å². The van der Waals surface area contributed by atoms with E-state index in [0.717, 1.165) is 12.0 Å². The quantitative estimate of drug-likeness (QED) is 0.875. The monoisotopic (exact) mass is 292 g/mol. The summed E-state index contributed by atoms with van der Waals surface area (Å²) in [6.07, 6.45) is 0.823. The molecule has 0 spiro atoms. The average Bonchev–Trinajstić information content (AvgIpc) is 2.41. The molecule has 0 amide bonds. The van der Waals surface area contributed by atoms with Crippen LogP contribution in [0.25, 0.3) is 0 Å². The average molecular weight is 292 g/mol. The van der Waals surface area contributed by atoms with Crippen LogP contribution in [0.2, 0.25) is 0 Å². The molecule has 0 heterocycles. The summed E-state index contributed by atoms with van der Waals surface area (Å²) in [5.74, 6) is 1.22. The number of hydrogen-bond acceptors (Lipinski definition) is 4. The van der Waals surface area contributed by atoms with E-state index in [1.165, 1.54) is 12.1 Å². The Bertz CT molecular complexity index is 665. The lowest BCUT2D eigenvalue weighted by molar-refractivity contribution is 0.482. The Kier molecular flexibility index (Phi) is 4.39. The minimum absolute atomic E-state index is 0.0585. The van der Waals surface area contributed by atoms with Gasteiger partial charge in [0.15, 0.2) is 0 Å². The van der Waals surface area contributed by atoms with Gasteiger partial charge < -0.3 is 10.5 Å². The molecule has 106 valence electrons. The molecule has 0 atom stereocenters. The maximum atomic E-state index is 11.1. The number of nitrogens with two attached hydrogens (primary N) is 2. The Morgan fingerprint density at radius 2 is 1.40 bits per heavy atom. The van der Waals surface area contributed by atoms with Gasteiger partial charge in [0.25, 0.3) is 0 Å². The number of sulfonamides is 1. The summed E-state index contributed by atoms with van der Waals surface area (Å²) in [4.78, 5) is 0.0585. The number of benzene rings is 2. The van der Waals surface area contributed by atoms with Gasteiger partial charge in [0.1, 0.15) is 11.5 Å². The standard InChI is InChI=1S/C14H16N2O3S/c15-10-9-11-1-3-12(4-2-11)19-13-5-7-14(8-6-13)20(16,17)18/h1-8H,9-10,15H2,(H2,16,17,18). The van der Waals surface area contributed by atoms with E-state index in [4.69, 9.17) is 15.6 Å². The van der Waals surface area contributed by atoms with E-state index in [1.54, 1.807) is 12.1 Å². The largest absolute Gasteiger partial charge is 0.457 e. The molecule has 2 aromatic carbocycles. The first-order valence-corrected chi connectivity index (χ1v) is 7.63. The molecule has 4 N–H and O–H groups in total. The van der Waals surface area contributed by atoms with Gasteiger partial charge in [0.2, 0.25) is 10.0 Å². The second-order valence-electron chi connectivity index (χ2n) is 4.30. The van der Waals surface area contributed by atoms with Crippen molar-refractivity contribution in [2.24, 2.45) is 10.9 Å². The molecule has 2 aromatic rings. The highest BCUT2D eigenvalue weighted by Crippen LogP contribution is 2.23. The van der Waals surface area contributed by atoms with E-state index in [-0.39, 0.29) is 4.90 Å². The highest BCUT2D eigenvalue weighted by molar-refractivity contribution is 7.89. The van der Waals surface area contributed by atoms with E-state index in [0.29, 0.717) is 18.0 Å². The predicted octanol–water partition coefficient (Wildman–Crippen LogP) is 1.63. The van der Waals surface area contributed by atoms with E-state index < -0.39 is 10.0 Å². The van der Waals surface area contributed by atoms with Gasteiger partial charge in [-0.05, 0) is 54.9 Å². The van der Waals surface area contributed by atoms with Gasteiger partial charge in [-0.25, -0.2) is 13.6 Å². The molecule has 5 nitrogen and oxygen atoms in total. The van der Waals surface area contributed by atoms with Crippen LogP contribution >= 0.6 is 0 Å². The van der Waals surface area contributed by atoms with Crippen molar-refractivity contribution >= 4 is 10.0 Å². The lowest BCUT2D eigenvalue weighted by Crippen LogP contribution is -2.11. The molecule has 0 saturated heterocycles. The molecule has 6 heteroatoms. The van der Waals surface area contributed by atoms with Crippen molar-refractivity contribution in [2.45, 2.75) is 11.3 Å². The lowest BCUT2D eigenvalue weighted by Gasteiger charge is -2.07. The molecular weight excluding hydrogens is 276 g/mol. The zero-order chi connectivity index (χ0) is 14.6. The molecule has 0 radical (unpaired) electrons. The van der Waals surface area contributed by atoms with Crippen molar-refractivity contribution in [2.75, 3.05) is 6.54 Å². The van der Waals surface area contributed by atoms with Gasteiger partial charge in [-0.1, -0.05) is 12.1 Å². The van der Waals surface area contributed by atoms with Crippen LogP contribution < -0.4 is 15.6 Å². The first kappa shape index (κ1) is 14.5. The van der Waals surface area contributed by atoms with Crippen molar-refractivity contribution in [3.8, 4) is 11.5 Å². The Morgan fingerprint density at radius 1 is 0.900 bits per heavy atom. The molecule has 0 aliphatic rings. The van der Waals surface area contributed by atoms with Gasteiger partial charge in [-0.2, -0.15) is 0 Å². The molecule has 0 unspecified atom stereocenters. The number of ether oxygens (including phenoxy) is 1. The second-order valence-corrected chi connectivity index (χ2v) is 5.86. The summed E-state index contributed by atoms with van der Waals surface area (Å²) in [6.45, 7) is 0.606. The molecule has 20 heavy (non-hydrogen) atoms. The third-order valence-electron chi connectivity index (χ3n) is 2.74. The maximum Gasteiger partial charge on any atom is 0.238 e. The summed E-state index contributed by atoms with van der Waals surface area (Å²) < 4.78 is 27.9. The predicted molar refractivity (Wildman–Crippen MR) is 77.1 cm³/mol. The van der Waals surface area contributed by atoms with Crippen molar-refractivity contribution < 1.29 is 13.2 Å². The third kappa shape index (κ3) is 3.80. The summed E-state index contributed by atoms with van der Waals surface area (Å²) in [7, 11) is -3.67. The van der Waals surface area contributed by atoms with Crippen LogP contribution in [0.5, 0.6) is 11.5 Å². The Hall–Kier alpha value is -1.89. The zero-order valence-electron chi connectivity index (χ0n) is 10.8. The molecule has 0 bridgehead atoms. The first-order chi connectivity index (χ1) is 9.49. The second kappa shape index (κ2) is 6.04. The van der Waals surface area contributed by atoms with Gasteiger partial charge in [-0.15, -0.1) is 0 Å². The van der Waals surface area contributed by atoms with Crippen molar-refractivity contribution in [1.29, 1.82) is 0 Å². The fourth-order valence-corrected chi connectivity index (χ4v) is 2.24. The normalized spacial score (nSPS) is 11.3. The molecule has 0 aliphatic carbocycles. The molecule has 0 aliphatic heterocycles. The van der Waals surface area contributed by atoms with Crippen LogP contribution in [-0.4, -0.2) is 15.0 Å². The van der Waals surface area contributed by atoms with Crippen molar-refractivity contribution in [3.63, 3.8) is 0 Å². The van der Waals surface area contributed by atoms with Crippen LogP contribution in [0.15, 0.2) is 53.4 Å². The SMILES string of the molecule is NCCc1ccc(Oc2ccc(S(N)(=O)=O)cc2)cc1. The van der Waals surface area contributed by atoms with Gasteiger partial charge >= 0.3 is 0 Å². The Balaban J connectivity index is 2.10. The lowest BCUT2D eigenvalue weighted by atomic mass is 10.1. The highest BCUT2D eigenvalue weighted by atomic mass is 32.2.